The van der Waals surface area contributed by atoms with Gasteiger partial charge in [0.15, 0.2) is 0 Å². The molecule has 3 aliphatic heterocycles. The number of nitrogens with one attached hydrogen (secondary N) is 1. The smallest absolute Gasteiger partial charge is 0.410 e. The number of aryl methyl sites for hydroxylation is 1. The second-order valence-corrected chi connectivity index (χ2v) is 12.7. The zero-order chi connectivity index (χ0) is 28.9. The number of nitrogens with zero attached hydrogens (tertiary/aromatic N) is 4. The number of fused-ring (bicyclic) bond motifs is 2. The molecule has 3 aromatic rings. The van der Waals surface area contributed by atoms with Crippen LogP contribution in [0.25, 0.3) is 22.2 Å². The van der Waals surface area contributed by atoms with Crippen LogP contribution in [0.3, 0.4) is 0 Å². The molecule has 0 bridgehead atoms. The number of carbonyl (C=O) groups is 2. The van der Waals surface area contributed by atoms with Crippen molar-refractivity contribution in [1.82, 2.24) is 24.7 Å². The number of rotatable bonds is 3. The van der Waals surface area contributed by atoms with Crippen molar-refractivity contribution in [2.24, 2.45) is 0 Å². The molecule has 1 aromatic carbocycles. The van der Waals surface area contributed by atoms with Gasteiger partial charge in [-0.25, -0.2) is 14.6 Å². The maximum absolute atomic E-state index is 13.6. The number of amides is 3. The molecule has 2 saturated heterocycles. The first-order chi connectivity index (χ1) is 19.6. The summed E-state index contributed by atoms with van der Waals surface area (Å²) < 4.78 is 11.3. The van der Waals surface area contributed by atoms with E-state index in [1.54, 1.807) is 7.11 Å². The number of ether oxygens (including phenoxy) is 2. The monoisotopic (exact) mass is 559 g/mol. The third kappa shape index (κ3) is 5.39. The van der Waals surface area contributed by atoms with Gasteiger partial charge in [0.25, 0.3) is 0 Å². The van der Waals surface area contributed by atoms with Crippen molar-refractivity contribution in [3.63, 3.8) is 0 Å². The van der Waals surface area contributed by atoms with Crippen molar-refractivity contribution in [1.29, 1.82) is 0 Å². The zero-order valence-corrected chi connectivity index (χ0v) is 24.8. The van der Waals surface area contributed by atoms with Gasteiger partial charge in [0.05, 0.1) is 12.1 Å². The Morgan fingerprint density at radius 2 is 1.88 bits per heavy atom. The summed E-state index contributed by atoms with van der Waals surface area (Å²) in [4.78, 5) is 40.6. The van der Waals surface area contributed by atoms with Gasteiger partial charge in [0.1, 0.15) is 11.2 Å². The number of methoxy groups -OCH3 is 1. The largest absolute Gasteiger partial charge is 0.444 e. The highest BCUT2D eigenvalue weighted by Gasteiger charge is 2.37. The van der Waals surface area contributed by atoms with Gasteiger partial charge in [-0.3, -0.25) is 0 Å². The van der Waals surface area contributed by atoms with E-state index in [4.69, 9.17) is 9.47 Å². The number of hydrogen-bond donors (Lipinski definition) is 1. The van der Waals surface area contributed by atoms with E-state index < -0.39 is 5.60 Å². The number of pyridine rings is 1. The predicted octanol–water partition coefficient (Wildman–Crippen LogP) is 5.81. The van der Waals surface area contributed by atoms with Gasteiger partial charge in [0, 0.05) is 63.2 Å². The quantitative estimate of drug-likeness (QED) is 0.437. The highest BCUT2D eigenvalue weighted by molar-refractivity contribution is 5.85. The van der Waals surface area contributed by atoms with Gasteiger partial charge in [-0.15, -0.1) is 0 Å². The summed E-state index contributed by atoms with van der Waals surface area (Å²) in [6.45, 7) is 11.0. The number of carbonyl (C=O) groups excluding carboxylic acids is 2. The molecule has 5 heterocycles. The highest BCUT2D eigenvalue weighted by atomic mass is 16.6. The molecule has 0 radical (unpaired) electrons. The molecule has 218 valence electrons. The predicted molar refractivity (Wildman–Crippen MR) is 158 cm³/mol. The lowest BCUT2D eigenvalue weighted by Crippen LogP contribution is -2.45. The second kappa shape index (κ2) is 10.7. The fourth-order valence-corrected chi connectivity index (χ4v) is 6.54. The molecular weight excluding hydrogens is 518 g/mol. The van der Waals surface area contributed by atoms with Crippen molar-refractivity contribution < 1.29 is 19.1 Å². The van der Waals surface area contributed by atoms with Gasteiger partial charge < -0.3 is 29.2 Å². The minimum Gasteiger partial charge on any atom is -0.444 e. The second-order valence-electron chi connectivity index (χ2n) is 12.7. The molecule has 3 amide bonds. The van der Waals surface area contributed by atoms with E-state index in [9.17, 15) is 9.59 Å². The Morgan fingerprint density at radius 3 is 2.63 bits per heavy atom. The minimum absolute atomic E-state index is 0.0678. The topological polar surface area (TPSA) is 91.0 Å². The van der Waals surface area contributed by atoms with E-state index >= 15 is 0 Å². The molecular formula is C32H41N5O4. The third-order valence-electron chi connectivity index (χ3n) is 8.71. The molecule has 9 heteroatoms. The van der Waals surface area contributed by atoms with E-state index in [1.165, 1.54) is 5.56 Å². The molecule has 9 nitrogen and oxygen atoms in total. The zero-order valence-electron chi connectivity index (χ0n) is 24.8. The van der Waals surface area contributed by atoms with Gasteiger partial charge >= 0.3 is 12.1 Å². The van der Waals surface area contributed by atoms with E-state index in [0.717, 1.165) is 71.1 Å². The van der Waals surface area contributed by atoms with Crippen molar-refractivity contribution in [2.45, 2.75) is 77.7 Å². The Hall–Kier alpha value is -3.59. The molecule has 0 aliphatic carbocycles. The first-order valence-electron chi connectivity index (χ1n) is 14.8. The number of hydrogen-bond acceptors (Lipinski definition) is 5. The Bertz CT molecular complexity index is 1470. The van der Waals surface area contributed by atoms with E-state index in [-0.39, 0.29) is 24.3 Å². The van der Waals surface area contributed by atoms with Crippen LogP contribution in [0.15, 0.2) is 30.6 Å². The van der Waals surface area contributed by atoms with Crippen LogP contribution in [0.4, 0.5) is 9.59 Å². The summed E-state index contributed by atoms with van der Waals surface area (Å²) in [5.74, 6) is 0. The van der Waals surface area contributed by atoms with Crippen molar-refractivity contribution in [3.8, 4) is 11.1 Å². The van der Waals surface area contributed by atoms with Crippen LogP contribution in [0, 0.1) is 6.92 Å². The summed E-state index contributed by atoms with van der Waals surface area (Å²) in [7, 11) is 1.71. The van der Waals surface area contributed by atoms with Gasteiger partial charge in [-0.2, -0.15) is 0 Å². The molecule has 2 fully saturated rings. The van der Waals surface area contributed by atoms with E-state index in [0.29, 0.717) is 26.2 Å². The Balaban J connectivity index is 1.38. The summed E-state index contributed by atoms with van der Waals surface area (Å²) >= 11 is 0. The average Bonchev–Trinajstić information content (AvgIpc) is 3.71. The van der Waals surface area contributed by atoms with Crippen LogP contribution in [0.2, 0.25) is 0 Å². The minimum atomic E-state index is -0.569. The fraction of sp³-hybridized carbons (Fsp3) is 0.531. The summed E-state index contributed by atoms with van der Waals surface area (Å²) in [6.07, 6.45) is 7.13. The summed E-state index contributed by atoms with van der Waals surface area (Å²) in [5, 5.41) is 1.11. The molecule has 6 rings (SSSR count). The van der Waals surface area contributed by atoms with Crippen LogP contribution >= 0.6 is 0 Å². The standard InChI is InChI=1S/C32H41N5O4/c1-20-16-33-29-25(20)15-23(17-34-29)22-13-21-8-11-36(30(38)35-12-9-24(18-35)40-5)19-27(21)26(14-22)28-7-6-10-37(28)31(39)41-32(2,3)4/h13-17,24,28H,6-12,18-19H2,1-5H3,(H,33,34)/t24-,28+/m1/s1. The highest BCUT2D eigenvalue weighted by Crippen LogP contribution is 2.40. The lowest BCUT2D eigenvalue weighted by molar-refractivity contribution is 0.0223. The summed E-state index contributed by atoms with van der Waals surface area (Å²) in [5.41, 5.74) is 7.11. The molecule has 1 N–H and O–H groups in total. The van der Waals surface area contributed by atoms with Crippen LogP contribution in [0.1, 0.15) is 68.3 Å². The average molecular weight is 560 g/mol. The maximum atomic E-state index is 13.6. The van der Waals surface area contributed by atoms with Gasteiger partial charge in [-0.05, 0) is 93.3 Å². The number of likely N-dealkylation sites (tertiary alicyclic amines) is 2. The summed E-state index contributed by atoms with van der Waals surface area (Å²) in [6, 6.07) is 6.64. The lowest BCUT2D eigenvalue weighted by Gasteiger charge is -2.36. The fourth-order valence-electron chi connectivity index (χ4n) is 6.54. The number of aromatic nitrogens is 2. The number of H-pyrrole nitrogens is 1. The Morgan fingerprint density at radius 1 is 1.05 bits per heavy atom. The first kappa shape index (κ1) is 27.6. The van der Waals surface area contributed by atoms with Crippen molar-refractivity contribution in [3.05, 3.63) is 52.8 Å². The molecule has 0 spiro atoms. The molecule has 0 unspecified atom stereocenters. The first-order valence-corrected chi connectivity index (χ1v) is 14.8. The lowest BCUT2D eigenvalue weighted by atomic mass is 9.87. The number of urea groups is 1. The molecule has 2 aromatic heterocycles. The van der Waals surface area contributed by atoms with Crippen LogP contribution < -0.4 is 0 Å². The van der Waals surface area contributed by atoms with E-state index in [2.05, 4.69) is 35.1 Å². The van der Waals surface area contributed by atoms with Crippen LogP contribution in [0.5, 0.6) is 0 Å². The maximum Gasteiger partial charge on any atom is 0.410 e. The number of benzene rings is 1. The van der Waals surface area contributed by atoms with Crippen molar-refractivity contribution in [2.75, 3.05) is 33.3 Å². The molecule has 0 saturated carbocycles. The number of aromatic amines is 1. The molecule has 3 aliphatic rings. The van der Waals surface area contributed by atoms with Crippen LogP contribution in [-0.2, 0) is 22.4 Å². The molecule has 41 heavy (non-hydrogen) atoms. The third-order valence-corrected chi connectivity index (χ3v) is 8.71. The van der Waals surface area contributed by atoms with Gasteiger partial charge in [-0.1, -0.05) is 6.07 Å². The SMILES string of the molecule is CO[C@@H]1CCN(C(=O)N2CCc3cc(-c4cnc5[nH]cc(C)c5c4)cc([C@@H]4CCCN4C(=O)OC(C)(C)C)c3C2)C1. The Labute approximate surface area is 241 Å². The van der Waals surface area contributed by atoms with Gasteiger partial charge in [0.2, 0.25) is 0 Å². The Kier molecular flexibility index (Phi) is 7.18. The van der Waals surface area contributed by atoms with Crippen molar-refractivity contribution >= 4 is 23.2 Å². The van der Waals surface area contributed by atoms with E-state index in [1.807, 2.05) is 47.9 Å². The van der Waals surface area contributed by atoms with Crippen LogP contribution in [-0.4, -0.2) is 81.8 Å². The molecule has 2 atom stereocenters. The normalized spacial score (nSPS) is 21.0.